The second-order valence-corrected chi connectivity index (χ2v) is 7.88. The van der Waals surface area contributed by atoms with Gasteiger partial charge in [0.15, 0.2) is 0 Å². The van der Waals surface area contributed by atoms with Gasteiger partial charge >= 0.3 is 0 Å². The van der Waals surface area contributed by atoms with Crippen LogP contribution in [0.1, 0.15) is 31.7 Å². The zero-order valence-electron chi connectivity index (χ0n) is 16.6. The maximum Gasteiger partial charge on any atom is 0.246 e. The Morgan fingerprint density at radius 3 is 2.60 bits per heavy atom. The number of amides is 1. The molecule has 0 N–H and O–H groups in total. The minimum absolute atomic E-state index is 0.106. The van der Waals surface area contributed by atoms with Crippen LogP contribution in [0.5, 0.6) is 0 Å². The van der Waals surface area contributed by atoms with Gasteiger partial charge in [-0.25, -0.2) is 23.8 Å². The molecular weight excluding hydrogens is 390 g/mol. The molecule has 0 bridgehead atoms. The van der Waals surface area contributed by atoms with Gasteiger partial charge in [0.2, 0.25) is 11.9 Å². The first-order chi connectivity index (χ1) is 14.5. The number of hydrogen-bond acceptors (Lipinski definition) is 6. The lowest BCUT2D eigenvalue weighted by Gasteiger charge is -2.36. The molecule has 9 heteroatoms. The van der Waals surface area contributed by atoms with Crippen LogP contribution in [0, 0.1) is 29.1 Å². The maximum atomic E-state index is 14.1. The number of hydrazone groups is 1. The van der Waals surface area contributed by atoms with E-state index in [9.17, 15) is 13.6 Å². The zero-order chi connectivity index (χ0) is 21.3. The molecule has 1 aromatic heterocycles. The van der Waals surface area contributed by atoms with E-state index in [1.807, 2.05) is 11.0 Å². The molecule has 7 nitrogen and oxygen atoms in total. The van der Waals surface area contributed by atoms with Crippen LogP contribution in [-0.4, -0.2) is 46.2 Å². The Morgan fingerprint density at radius 2 is 1.93 bits per heavy atom. The number of carbonyl (C=O) groups excluding carboxylic acids is 1. The first-order valence-corrected chi connectivity index (χ1v) is 10.0. The maximum absolute atomic E-state index is 14.1. The van der Waals surface area contributed by atoms with E-state index in [1.54, 1.807) is 13.1 Å². The predicted molar refractivity (Wildman–Crippen MR) is 106 cm³/mol. The smallest absolute Gasteiger partial charge is 0.246 e. The normalized spacial score (nSPS) is 26.9. The Labute approximate surface area is 173 Å². The second kappa shape index (κ2) is 8.30. The van der Waals surface area contributed by atoms with Gasteiger partial charge in [0.05, 0.1) is 24.0 Å². The van der Waals surface area contributed by atoms with Crippen molar-refractivity contribution in [1.82, 2.24) is 15.0 Å². The van der Waals surface area contributed by atoms with Crippen molar-refractivity contribution < 1.29 is 13.6 Å². The molecule has 2 aliphatic heterocycles. The molecule has 3 aliphatic rings. The molecule has 3 atom stereocenters. The van der Waals surface area contributed by atoms with Gasteiger partial charge in [0, 0.05) is 49.6 Å². The summed E-state index contributed by atoms with van der Waals surface area (Å²) in [5, 5.41) is 14.5. The molecule has 30 heavy (non-hydrogen) atoms. The van der Waals surface area contributed by atoms with Crippen LogP contribution in [0.4, 0.5) is 14.7 Å². The van der Waals surface area contributed by atoms with Crippen LogP contribution in [0.2, 0.25) is 0 Å². The number of nitrogens with zero attached hydrogens (tertiary/aromatic N) is 6. The Bertz CT molecular complexity index is 943. The highest BCUT2D eigenvalue weighted by Crippen LogP contribution is 2.37. The quantitative estimate of drug-likeness (QED) is 0.762. The lowest BCUT2D eigenvalue weighted by atomic mass is 9.81. The Hall–Kier alpha value is -3.15. The van der Waals surface area contributed by atoms with Crippen molar-refractivity contribution in [3.05, 3.63) is 41.8 Å². The second-order valence-electron chi connectivity index (χ2n) is 7.88. The van der Waals surface area contributed by atoms with E-state index in [-0.39, 0.29) is 17.9 Å². The molecule has 1 aliphatic carbocycles. The average Bonchev–Trinajstić information content (AvgIpc) is 3.25. The Balaban J connectivity index is 1.40. The summed E-state index contributed by atoms with van der Waals surface area (Å²) in [5.74, 6) is -1.84. The zero-order valence-corrected chi connectivity index (χ0v) is 16.6. The first-order valence-electron chi connectivity index (χ1n) is 10.0. The van der Waals surface area contributed by atoms with Crippen molar-refractivity contribution in [2.75, 3.05) is 18.0 Å². The molecule has 0 spiro atoms. The van der Waals surface area contributed by atoms with Crippen molar-refractivity contribution in [2.45, 2.75) is 32.2 Å². The van der Waals surface area contributed by atoms with Gasteiger partial charge in [-0.05, 0) is 18.9 Å². The molecular formula is C21H22F2N6O. The summed E-state index contributed by atoms with van der Waals surface area (Å²) >= 11 is 0. The number of rotatable bonds is 3. The Morgan fingerprint density at radius 1 is 1.23 bits per heavy atom. The SMILES string of the molecule is CC1C(F)=CC(F)=CC1[C@@H]1CC=NN1C(=O)C1CCN(c2ncc(C#N)cn2)CC1. The van der Waals surface area contributed by atoms with E-state index >= 15 is 0 Å². The van der Waals surface area contributed by atoms with Crippen LogP contribution in [-0.2, 0) is 4.79 Å². The first kappa shape index (κ1) is 20.1. The van der Waals surface area contributed by atoms with Crippen molar-refractivity contribution in [3.63, 3.8) is 0 Å². The number of piperidine rings is 1. The molecule has 4 rings (SSSR count). The summed E-state index contributed by atoms with van der Waals surface area (Å²) in [6.45, 7) is 2.92. The van der Waals surface area contributed by atoms with Crippen molar-refractivity contribution in [2.24, 2.45) is 22.9 Å². The van der Waals surface area contributed by atoms with Crippen LogP contribution in [0.25, 0.3) is 0 Å². The summed E-state index contributed by atoms with van der Waals surface area (Å²) in [5.41, 5.74) is 0.399. The third-order valence-electron chi connectivity index (χ3n) is 6.07. The lowest BCUT2D eigenvalue weighted by Crippen LogP contribution is -2.46. The van der Waals surface area contributed by atoms with Gasteiger partial charge in [-0.2, -0.15) is 10.4 Å². The molecule has 1 fully saturated rings. The molecule has 2 unspecified atom stereocenters. The number of anilines is 1. The van der Waals surface area contributed by atoms with Crippen LogP contribution in [0.15, 0.2) is 41.3 Å². The standard InChI is InChI=1S/C21H22F2N6O/c1-13-17(8-16(22)9-18(13)23)19-2-5-27-29(19)20(30)15-3-6-28(7-4-15)21-25-11-14(10-24)12-26-21/h5,8-9,11-13,15,17,19H,2-4,6-7H2,1H3/t13?,17?,19-/m0/s1. The van der Waals surface area contributed by atoms with Gasteiger partial charge in [0.25, 0.3) is 0 Å². The molecule has 3 heterocycles. The molecule has 156 valence electrons. The number of hydrogen-bond donors (Lipinski definition) is 0. The third-order valence-corrected chi connectivity index (χ3v) is 6.07. The fourth-order valence-electron chi connectivity index (χ4n) is 4.29. The van der Waals surface area contributed by atoms with Gasteiger partial charge in [-0.3, -0.25) is 4.79 Å². The van der Waals surface area contributed by atoms with E-state index in [4.69, 9.17) is 5.26 Å². The summed E-state index contributed by atoms with van der Waals surface area (Å²) in [7, 11) is 0. The topological polar surface area (TPSA) is 85.5 Å². The van der Waals surface area contributed by atoms with Crippen LogP contribution < -0.4 is 4.90 Å². The van der Waals surface area contributed by atoms with E-state index in [1.165, 1.54) is 23.5 Å². The summed E-state index contributed by atoms with van der Waals surface area (Å²) < 4.78 is 27.9. The summed E-state index contributed by atoms with van der Waals surface area (Å²) in [6.07, 6.45) is 8.62. The van der Waals surface area contributed by atoms with Gasteiger partial charge in [-0.1, -0.05) is 6.92 Å². The predicted octanol–water partition coefficient (Wildman–Crippen LogP) is 3.12. The van der Waals surface area contributed by atoms with Crippen molar-refractivity contribution in [1.29, 1.82) is 5.26 Å². The van der Waals surface area contributed by atoms with Gasteiger partial charge in [-0.15, -0.1) is 0 Å². The largest absolute Gasteiger partial charge is 0.341 e. The summed E-state index contributed by atoms with van der Waals surface area (Å²) in [6, 6.07) is 1.61. The lowest BCUT2D eigenvalue weighted by molar-refractivity contribution is -0.139. The fraction of sp³-hybridized carbons (Fsp3) is 0.476. The number of nitriles is 1. The van der Waals surface area contributed by atoms with E-state index in [0.717, 1.165) is 6.08 Å². The molecule has 0 saturated carbocycles. The third kappa shape index (κ3) is 3.82. The minimum Gasteiger partial charge on any atom is -0.341 e. The highest BCUT2D eigenvalue weighted by Gasteiger charge is 2.41. The molecule has 0 radical (unpaired) electrons. The van der Waals surface area contributed by atoms with E-state index in [2.05, 4.69) is 15.1 Å². The van der Waals surface area contributed by atoms with Gasteiger partial charge in [0.1, 0.15) is 17.7 Å². The average molecular weight is 412 g/mol. The minimum atomic E-state index is -0.606. The monoisotopic (exact) mass is 412 g/mol. The molecule has 1 saturated heterocycles. The Kier molecular flexibility index (Phi) is 5.57. The van der Waals surface area contributed by atoms with Crippen molar-refractivity contribution in [3.8, 4) is 6.07 Å². The number of aromatic nitrogens is 2. The molecule has 1 aromatic rings. The number of carbonyl (C=O) groups is 1. The molecule has 1 amide bonds. The van der Waals surface area contributed by atoms with Crippen LogP contribution >= 0.6 is 0 Å². The summed E-state index contributed by atoms with van der Waals surface area (Å²) in [4.78, 5) is 23.6. The van der Waals surface area contributed by atoms with Crippen LogP contribution in [0.3, 0.4) is 0 Å². The van der Waals surface area contributed by atoms with E-state index in [0.29, 0.717) is 43.9 Å². The number of halogens is 2. The molecule has 0 aromatic carbocycles. The van der Waals surface area contributed by atoms with E-state index < -0.39 is 23.5 Å². The number of allylic oxidation sites excluding steroid dienone is 3. The van der Waals surface area contributed by atoms with Crippen molar-refractivity contribution >= 4 is 18.1 Å². The highest BCUT2D eigenvalue weighted by molar-refractivity contribution is 5.82. The fourth-order valence-corrected chi connectivity index (χ4v) is 4.29. The highest BCUT2D eigenvalue weighted by atomic mass is 19.1. The van der Waals surface area contributed by atoms with Gasteiger partial charge < -0.3 is 4.90 Å².